The normalized spacial score (nSPS) is 11.9. The fraction of sp³-hybridized carbons (Fsp3) is 0.222. The van der Waals surface area contributed by atoms with Gasteiger partial charge in [0, 0.05) is 17.1 Å². The highest BCUT2D eigenvalue weighted by molar-refractivity contribution is 6.30. The van der Waals surface area contributed by atoms with Crippen LogP contribution >= 0.6 is 11.6 Å². The maximum absolute atomic E-state index is 13.7. The SMILES string of the molecule is CC[C@H](c1nc2ccccc2c(=O)n1-c1cccc(Cl)c1)N(CC)C(=O)c1cccc(OC)c1. The van der Waals surface area contributed by atoms with E-state index in [4.69, 9.17) is 21.3 Å². The van der Waals surface area contributed by atoms with Crippen molar-refractivity contribution in [3.8, 4) is 11.4 Å². The highest BCUT2D eigenvalue weighted by Gasteiger charge is 2.29. The van der Waals surface area contributed by atoms with E-state index in [-0.39, 0.29) is 11.5 Å². The number of aromatic nitrogens is 2. The summed E-state index contributed by atoms with van der Waals surface area (Å²) >= 11 is 6.27. The lowest BCUT2D eigenvalue weighted by molar-refractivity contribution is 0.0671. The van der Waals surface area contributed by atoms with E-state index < -0.39 is 6.04 Å². The van der Waals surface area contributed by atoms with Gasteiger partial charge < -0.3 is 9.64 Å². The van der Waals surface area contributed by atoms with Crippen molar-refractivity contribution in [2.45, 2.75) is 26.3 Å². The average Bonchev–Trinajstić information content (AvgIpc) is 2.86. The number of para-hydroxylation sites is 1. The molecule has 7 heteroatoms. The van der Waals surface area contributed by atoms with Crippen molar-refractivity contribution in [1.82, 2.24) is 14.5 Å². The van der Waals surface area contributed by atoms with Crippen molar-refractivity contribution < 1.29 is 9.53 Å². The maximum atomic E-state index is 13.7. The molecule has 0 aliphatic carbocycles. The lowest BCUT2D eigenvalue weighted by Gasteiger charge is -2.31. The largest absolute Gasteiger partial charge is 0.497 e. The molecular weight excluding hydrogens is 450 g/mol. The van der Waals surface area contributed by atoms with Crippen LogP contribution in [0.15, 0.2) is 77.6 Å². The van der Waals surface area contributed by atoms with Gasteiger partial charge in [0.1, 0.15) is 11.6 Å². The summed E-state index contributed by atoms with van der Waals surface area (Å²) in [6.07, 6.45) is 0.564. The monoisotopic (exact) mass is 475 g/mol. The summed E-state index contributed by atoms with van der Waals surface area (Å²) in [7, 11) is 1.57. The van der Waals surface area contributed by atoms with E-state index >= 15 is 0 Å². The number of ether oxygens (including phenoxy) is 1. The lowest BCUT2D eigenvalue weighted by atomic mass is 10.1. The molecule has 0 saturated carbocycles. The Hall–Kier alpha value is -3.64. The third-order valence-electron chi connectivity index (χ3n) is 5.85. The summed E-state index contributed by atoms with van der Waals surface area (Å²) in [4.78, 5) is 33.9. The molecular formula is C27H26ClN3O3. The van der Waals surface area contributed by atoms with Crippen molar-refractivity contribution in [2.75, 3.05) is 13.7 Å². The van der Waals surface area contributed by atoms with E-state index in [1.165, 1.54) is 0 Å². The minimum absolute atomic E-state index is 0.159. The number of rotatable bonds is 7. The van der Waals surface area contributed by atoms with Gasteiger partial charge in [0.2, 0.25) is 0 Å². The van der Waals surface area contributed by atoms with Crippen LogP contribution in [-0.4, -0.2) is 34.0 Å². The van der Waals surface area contributed by atoms with Crippen LogP contribution in [0.25, 0.3) is 16.6 Å². The van der Waals surface area contributed by atoms with E-state index in [1.807, 2.05) is 38.1 Å². The predicted octanol–water partition coefficient (Wildman–Crippen LogP) is 5.66. The second-order valence-corrected chi connectivity index (χ2v) is 8.29. The van der Waals surface area contributed by atoms with Crippen molar-refractivity contribution in [3.63, 3.8) is 0 Å². The summed E-state index contributed by atoms with van der Waals surface area (Å²) in [5.41, 5.74) is 1.50. The van der Waals surface area contributed by atoms with Crippen molar-refractivity contribution >= 4 is 28.4 Å². The van der Waals surface area contributed by atoms with Gasteiger partial charge in [-0.1, -0.05) is 42.8 Å². The van der Waals surface area contributed by atoms with Gasteiger partial charge >= 0.3 is 0 Å². The summed E-state index contributed by atoms with van der Waals surface area (Å²) in [5, 5.41) is 1.01. The minimum atomic E-state index is -0.444. The van der Waals surface area contributed by atoms with Crippen LogP contribution in [0.5, 0.6) is 5.75 Å². The Morgan fingerprint density at radius 1 is 1.06 bits per heavy atom. The van der Waals surface area contributed by atoms with E-state index in [0.717, 1.165) is 0 Å². The van der Waals surface area contributed by atoms with Crippen LogP contribution in [-0.2, 0) is 0 Å². The highest BCUT2D eigenvalue weighted by Crippen LogP contribution is 2.28. The summed E-state index contributed by atoms with van der Waals surface area (Å²) in [5.74, 6) is 0.939. The summed E-state index contributed by atoms with van der Waals surface area (Å²) < 4.78 is 6.87. The topological polar surface area (TPSA) is 64.4 Å². The zero-order chi connectivity index (χ0) is 24.2. The second-order valence-electron chi connectivity index (χ2n) is 7.85. The van der Waals surface area contributed by atoms with E-state index in [1.54, 1.807) is 65.1 Å². The fourth-order valence-corrected chi connectivity index (χ4v) is 4.39. The quantitative estimate of drug-likeness (QED) is 0.346. The second kappa shape index (κ2) is 10.1. The average molecular weight is 476 g/mol. The molecule has 0 spiro atoms. The van der Waals surface area contributed by atoms with Crippen LogP contribution in [0, 0.1) is 0 Å². The summed E-state index contributed by atoms with van der Waals surface area (Å²) in [6.45, 7) is 4.34. The van der Waals surface area contributed by atoms with Crippen LogP contribution < -0.4 is 10.3 Å². The van der Waals surface area contributed by atoms with Gasteiger partial charge in [-0.15, -0.1) is 0 Å². The molecule has 0 aliphatic rings. The highest BCUT2D eigenvalue weighted by atomic mass is 35.5. The molecule has 174 valence electrons. The Bertz CT molecular complexity index is 1400. The van der Waals surface area contributed by atoms with Crippen LogP contribution in [0.2, 0.25) is 5.02 Å². The molecule has 1 aromatic heterocycles. The van der Waals surface area contributed by atoms with Gasteiger partial charge in [-0.2, -0.15) is 0 Å². The number of benzene rings is 3. The fourth-order valence-electron chi connectivity index (χ4n) is 4.21. The standard InChI is InChI=1S/C27H26ClN3O3/c1-4-24(30(5-2)26(32)18-10-8-13-21(16-18)34-3)25-29-23-15-7-6-14-22(23)27(33)31(25)20-12-9-11-19(28)17-20/h6-17,24H,4-5H2,1-3H3/t24-/m1/s1. The number of hydrogen-bond acceptors (Lipinski definition) is 4. The third-order valence-corrected chi connectivity index (χ3v) is 6.08. The van der Waals surface area contributed by atoms with Crippen LogP contribution in [0.1, 0.15) is 42.5 Å². The zero-order valence-corrected chi connectivity index (χ0v) is 20.1. The van der Waals surface area contributed by atoms with Crippen LogP contribution in [0.3, 0.4) is 0 Å². The number of amides is 1. The number of halogens is 1. The Labute approximate surface area is 203 Å². The number of carbonyl (C=O) groups excluding carboxylic acids is 1. The predicted molar refractivity (Wildman–Crippen MR) is 135 cm³/mol. The third kappa shape index (κ3) is 4.41. The van der Waals surface area contributed by atoms with Gasteiger partial charge in [0.15, 0.2) is 0 Å². The number of nitrogens with zero attached hydrogens (tertiary/aromatic N) is 3. The van der Waals surface area contributed by atoms with Gasteiger partial charge in [-0.25, -0.2) is 4.98 Å². The van der Waals surface area contributed by atoms with E-state index in [0.29, 0.717) is 51.7 Å². The smallest absolute Gasteiger partial charge is 0.266 e. The first-order valence-electron chi connectivity index (χ1n) is 11.2. The molecule has 1 heterocycles. The Morgan fingerprint density at radius 3 is 2.53 bits per heavy atom. The van der Waals surface area contributed by atoms with Gasteiger partial charge in [-0.3, -0.25) is 14.2 Å². The molecule has 0 aliphatic heterocycles. The molecule has 4 rings (SSSR count). The molecule has 0 N–H and O–H groups in total. The Morgan fingerprint density at radius 2 is 1.82 bits per heavy atom. The lowest BCUT2D eigenvalue weighted by Crippen LogP contribution is -2.38. The number of carbonyl (C=O) groups is 1. The Balaban J connectivity index is 1.92. The first-order valence-corrected chi connectivity index (χ1v) is 11.6. The van der Waals surface area contributed by atoms with Gasteiger partial charge in [0.05, 0.1) is 29.7 Å². The molecule has 0 bridgehead atoms. The first-order chi connectivity index (χ1) is 16.5. The molecule has 0 fully saturated rings. The number of methoxy groups -OCH3 is 1. The number of fused-ring (bicyclic) bond motifs is 1. The van der Waals surface area contributed by atoms with Crippen LogP contribution in [0.4, 0.5) is 0 Å². The minimum Gasteiger partial charge on any atom is -0.497 e. The zero-order valence-electron chi connectivity index (χ0n) is 19.4. The van der Waals surface area contributed by atoms with Crippen molar-refractivity contribution in [1.29, 1.82) is 0 Å². The molecule has 4 aromatic rings. The molecule has 1 amide bonds. The first kappa shape index (κ1) is 23.5. The number of hydrogen-bond donors (Lipinski definition) is 0. The van der Waals surface area contributed by atoms with Gasteiger partial charge in [0.25, 0.3) is 11.5 Å². The van der Waals surface area contributed by atoms with Gasteiger partial charge in [-0.05, 0) is 61.9 Å². The molecule has 0 radical (unpaired) electrons. The van der Waals surface area contributed by atoms with E-state index in [9.17, 15) is 9.59 Å². The molecule has 6 nitrogen and oxygen atoms in total. The van der Waals surface area contributed by atoms with Crippen molar-refractivity contribution in [3.05, 3.63) is 99.6 Å². The molecule has 3 aromatic carbocycles. The Kier molecular flexibility index (Phi) is 6.98. The summed E-state index contributed by atoms with van der Waals surface area (Å²) in [6, 6.07) is 21.0. The maximum Gasteiger partial charge on any atom is 0.266 e. The van der Waals surface area contributed by atoms with E-state index in [2.05, 4.69) is 0 Å². The molecule has 0 unspecified atom stereocenters. The molecule has 0 saturated heterocycles. The molecule has 1 atom stereocenters. The van der Waals surface area contributed by atoms with Crippen molar-refractivity contribution in [2.24, 2.45) is 0 Å². The molecule has 34 heavy (non-hydrogen) atoms.